The molecule has 0 atom stereocenters. The van der Waals surface area contributed by atoms with Gasteiger partial charge >= 0.3 is 6.18 Å². The number of carbonyl (C=O) groups is 1. The Bertz CT molecular complexity index is 533. The minimum absolute atomic E-state index is 0.0511. The number of nitrogens with two attached hydrogens (primary N) is 1. The predicted octanol–water partition coefficient (Wildman–Crippen LogP) is 3.24. The standard InChI is InChI=1S/C12H10ClF3N2O/c1-7-2-4-8(5-3-7)18-10(12(14,15)16)9(6-17)11(13)19/h2-6H,17H2,1H3. The predicted molar refractivity (Wildman–Crippen MR) is 67.5 cm³/mol. The number of nitrogens with zero attached hydrogens (tertiary/aromatic N) is 1. The summed E-state index contributed by atoms with van der Waals surface area (Å²) in [6.07, 6.45) is -4.34. The zero-order chi connectivity index (χ0) is 14.6. The van der Waals surface area contributed by atoms with Gasteiger partial charge in [-0.15, -0.1) is 0 Å². The van der Waals surface area contributed by atoms with Crippen LogP contribution in [-0.2, 0) is 4.79 Å². The molecular formula is C12H10ClF3N2O. The summed E-state index contributed by atoms with van der Waals surface area (Å²) in [6, 6.07) is 5.99. The highest BCUT2D eigenvalue weighted by molar-refractivity contribution is 6.71. The van der Waals surface area contributed by atoms with Gasteiger partial charge in [0.25, 0.3) is 5.24 Å². The molecule has 0 heterocycles. The first-order valence-electron chi connectivity index (χ1n) is 5.10. The molecule has 0 amide bonds. The van der Waals surface area contributed by atoms with Crippen LogP contribution in [0.2, 0.25) is 0 Å². The second-order valence-electron chi connectivity index (χ2n) is 3.65. The van der Waals surface area contributed by atoms with E-state index in [0.717, 1.165) is 5.56 Å². The minimum atomic E-state index is -4.83. The monoisotopic (exact) mass is 290 g/mol. The van der Waals surface area contributed by atoms with Crippen LogP contribution >= 0.6 is 11.6 Å². The van der Waals surface area contributed by atoms with Gasteiger partial charge in [0.2, 0.25) is 0 Å². The highest BCUT2D eigenvalue weighted by Crippen LogP contribution is 2.26. The van der Waals surface area contributed by atoms with Crippen molar-refractivity contribution in [2.75, 3.05) is 0 Å². The second kappa shape index (κ2) is 5.88. The van der Waals surface area contributed by atoms with Crippen LogP contribution < -0.4 is 5.73 Å². The molecule has 19 heavy (non-hydrogen) atoms. The number of hydrogen-bond donors (Lipinski definition) is 1. The van der Waals surface area contributed by atoms with E-state index in [-0.39, 0.29) is 5.69 Å². The maximum absolute atomic E-state index is 12.8. The fourth-order valence-electron chi connectivity index (χ4n) is 1.26. The molecule has 1 aromatic carbocycles. The zero-order valence-corrected chi connectivity index (χ0v) is 10.6. The molecule has 0 aliphatic carbocycles. The maximum Gasteiger partial charge on any atom is 0.434 e. The van der Waals surface area contributed by atoms with Gasteiger partial charge in [-0.05, 0) is 30.7 Å². The molecule has 0 aliphatic rings. The third kappa shape index (κ3) is 4.10. The number of carbonyl (C=O) groups excluding carboxylic acids is 1. The minimum Gasteiger partial charge on any atom is -0.404 e. The van der Waals surface area contributed by atoms with Gasteiger partial charge in [0.15, 0.2) is 5.71 Å². The summed E-state index contributed by atoms with van der Waals surface area (Å²) >= 11 is 5.07. The van der Waals surface area contributed by atoms with Crippen LogP contribution in [0.1, 0.15) is 5.56 Å². The topological polar surface area (TPSA) is 55.4 Å². The van der Waals surface area contributed by atoms with Crippen molar-refractivity contribution >= 4 is 28.2 Å². The fraction of sp³-hybridized carbons (Fsp3) is 0.167. The number of hydrogen-bond acceptors (Lipinski definition) is 3. The molecule has 0 radical (unpaired) electrons. The number of rotatable bonds is 3. The number of allylic oxidation sites excluding steroid dienone is 1. The lowest BCUT2D eigenvalue weighted by Crippen LogP contribution is -2.27. The molecule has 0 unspecified atom stereocenters. The second-order valence-corrected chi connectivity index (χ2v) is 3.99. The smallest absolute Gasteiger partial charge is 0.404 e. The van der Waals surface area contributed by atoms with E-state index in [4.69, 9.17) is 17.3 Å². The molecule has 0 saturated carbocycles. The summed E-state index contributed by atoms with van der Waals surface area (Å²) in [4.78, 5) is 14.3. The van der Waals surface area contributed by atoms with E-state index in [9.17, 15) is 18.0 Å². The van der Waals surface area contributed by atoms with Crippen molar-refractivity contribution in [3.8, 4) is 0 Å². The van der Waals surface area contributed by atoms with E-state index in [2.05, 4.69) is 4.99 Å². The Kier molecular flexibility index (Phi) is 4.72. The van der Waals surface area contributed by atoms with Gasteiger partial charge in [0, 0.05) is 6.20 Å². The van der Waals surface area contributed by atoms with E-state index in [0.29, 0.717) is 6.20 Å². The van der Waals surface area contributed by atoms with Crippen molar-refractivity contribution in [1.82, 2.24) is 0 Å². The summed E-state index contributed by atoms with van der Waals surface area (Å²) in [5.74, 6) is 0. The van der Waals surface area contributed by atoms with E-state index in [1.807, 2.05) is 0 Å². The lowest BCUT2D eigenvalue weighted by Gasteiger charge is -2.11. The van der Waals surface area contributed by atoms with Crippen LogP contribution in [0.25, 0.3) is 0 Å². The van der Waals surface area contributed by atoms with Crippen molar-refractivity contribution in [1.29, 1.82) is 0 Å². The van der Waals surface area contributed by atoms with Gasteiger partial charge in [0.1, 0.15) is 0 Å². The molecule has 0 fully saturated rings. The lowest BCUT2D eigenvalue weighted by molar-refractivity contribution is -0.108. The highest BCUT2D eigenvalue weighted by atomic mass is 35.5. The van der Waals surface area contributed by atoms with Crippen molar-refractivity contribution in [2.24, 2.45) is 10.7 Å². The Balaban J connectivity index is 3.33. The fourth-order valence-corrected chi connectivity index (χ4v) is 1.41. The molecule has 0 spiro atoms. The SMILES string of the molecule is Cc1ccc(N=C(C(=CN)C(=O)Cl)C(F)(F)F)cc1. The summed E-state index contributed by atoms with van der Waals surface area (Å²) in [7, 11) is 0. The van der Waals surface area contributed by atoms with E-state index >= 15 is 0 Å². The summed E-state index contributed by atoms with van der Waals surface area (Å²) in [6.45, 7) is 1.78. The van der Waals surface area contributed by atoms with Crippen molar-refractivity contribution < 1.29 is 18.0 Å². The first-order valence-corrected chi connectivity index (χ1v) is 5.48. The van der Waals surface area contributed by atoms with Gasteiger partial charge in [-0.25, -0.2) is 4.99 Å². The number of aliphatic imine (C=N–C) groups is 1. The largest absolute Gasteiger partial charge is 0.434 e. The van der Waals surface area contributed by atoms with Gasteiger partial charge in [-0.1, -0.05) is 17.7 Å². The number of benzene rings is 1. The Hall–Kier alpha value is -1.82. The number of aryl methyl sites for hydroxylation is 1. The number of alkyl halides is 3. The third-order valence-corrected chi connectivity index (χ3v) is 2.38. The van der Waals surface area contributed by atoms with Crippen LogP contribution in [0.15, 0.2) is 41.0 Å². The number of halogens is 4. The van der Waals surface area contributed by atoms with E-state index in [1.54, 1.807) is 19.1 Å². The van der Waals surface area contributed by atoms with Crippen LogP contribution in [0, 0.1) is 6.92 Å². The first kappa shape index (κ1) is 15.2. The maximum atomic E-state index is 12.8. The van der Waals surface area contributed by atoms with Gasteiger partial charge < -0.3 is 5.73 Å². The van der Waals surface area contributed by atoms with Gasteiger partial charge in [-0.2, -0.15) is 13.2 Å². The molecule has 0 bridgehead atoms. The Morgan fingerprint density at radius 1 is 1.32 bits per heavy atom. The van der Waals surface area contributed by atoms with Crippen molar-refractivity contribution in [3.05, 3.63) is 41.6 Å². The summed E-state index contributed by atoms with van der Waals surface area (Å²) < 4.78 is 38.5. The molecule has 0 saturated heterocycles. The molecule has 1 aromatic rings. The van der Waals surface area contributed by atoms with Crippen molar-refractivity contribution in [2.45, 2.75) is 13.1 Å². The van der Waals surface area contributed by atoms with Gasteiger partial charge in [-0.3, -0.25) is 4.79 Å². The molecule has 0 aliphatic heterocycles. The zero-order valence-electron chi connectivity index (χ0n) is 9.83. The van der Waals surface area contributed by atoms with E-state index in [1.165, 1.54) is 12.1 Å². The first-order chi connectivity index (χ1) is 8.75. The van der Waals surface area contributed by atoms with Crippen LogP contribution in [0.4, 0.5) is 18.9 Å². The molecule has 7 heteroatoms. The summed E-state index contributed by atoms with van der Waals surface area (Å²) in [5.41, 5.74) is 3.63. The Morgan fingerprint density at radius 2 is 1.84 bits per heavy atom. The Labute approximate surface area is 112 Å². The van der Waals surface area contributed by atoms with Crippen LogP contribution in [0.3, 0.4) is 0 Å². The average Bonchev–Trinajstić information content (AvgIpc) is 2.29. The quantitative estimate of drug-likeness (QED) is 0.528. The average molecular weight is 291 g/mol. The molecule has 0 aromatic heterocycles. The highest BCUT2D eigenvalue weighted by Gasteiger charge is 2.40. The molecule has 102 valence electrons. The molecular weight excluding hydrogens is 281 g/mol. The third-order valence-electron chi connectivity index (χ3n) is 2.18. The van der Waals surface area contributed by atoms with E-state index < -0.39 is 22.7 Å². The molecule has 1 rings (SSSR count). The lowest BCUT2D eigenvalue weighted by atomic mass is 10.1. The Morgan fingerprint density at radius 3 is 2.21 bits per heavy atom. The van der Waals surface area contributed by atoms with Gasteiger partial charge in [0.05, 0.1) is 11.3 Å². The van der Waals surface area contributed by atoms with Crippen LogP contribution in [-0.4, -0.2) is 17.1 Å². The molecule has 3 nitrogen and oxygen atoms in total. The normalized spacial score (nSPS) is 13.5. The summed E-state index contributed by atoms with van der Waals surface area (Å²) in [5, 5.41) is -1.31. The molecule has 2 N–H and O–H groups in total. The van der Waals surface area contributed by atoms with Crippen molar-refractivity contribution in [3.63, 3.8) is 0 Å². The van der Waals surface area contributed by atoms with Crippen LogP contribution in [0.5, 0.6) is 0 Å².